The van der Waals surface area contributed by atoms with E-state index in [1.54, 1.807) is 6.92 Å². The van der Waals surface area contributed by atoms with Gasteiger partial charge in [0.25, 0.3) is 0 Å². The molecule has 0 bridgehead atoms. The highest BCUT2D eigenvalue weighted by Crippen LogP contribution is 2.29. The molecular weight excluding hydrogens is 461 g/mol. The number of aromatic amines is 1. The summed E-state index contributed by atoms with van der Waals surface area (Å²) in [5.41, 5.74) is 1.59. The summed E-state index contributed by atoms with van der Waals surface area (Å²) >= 11 is 0. The van der Waals surface area contributed by atoms with Gasteiger partial charge in [-0.05, 0) is 30.7 Å². The molecule has 0 spiro atoms. The molecule has 0 aliphatic heterocycles. The van der Waals surface area contributed by atoms with E-state index in [1.165, 1.54) is 18.3 Å². The number of anilines is 3. The van der Waals surface area contributed by atoms with Crippen LogP contribution in [0.4, 0.5) is 21.8 Å². The zero-order valence-corrected chi connectivity index (χ0v) is 19.1. The molecule has 0 fully saturated rings. The summed E-state index contributed by atoms with van der Waals surface area (Å²) in [6.45, 7) is 1.55. The van der Waals surface area contributed by atoms with Gasteiger partial charge < -0.3 is 15.7 Å². The lowest BCUT2D eigenvalue weighted by Gasteiger charge is -2.19. The highest BCUT2D eigenvalue weighted by atomic mass is 32.2. The molecule has 0 saturated heterocycles. The predicted octanol–water partition coefficient (Wildman–Crippen LogP) is 3.00. The number of sulfone groups is 1. The maximum atomic E-state index is 14.3. The number of nitrogens with zero attached hydrogens (tertiary/aromatic N) is 4. The average Bonchev–Trinajstić information content (AvgIpc) is 3.23. The van der Waals surface area contributed by atoms with Crippen LogP contribution in [0.3, 0.4) is 0 Å². The summed E-state index contributed by atoms with van der Waals surface area (Å²) in [5, 5.41) is 23.0. The lowest BCUT2D eigenvalue weighted by molar-refractivity contribution is 0.276. The van der Waals surface area contributed by atoms with Crippen LogP contribution in [-0.4, -0.2) is 51.5 Å². The Morgan fingerprint density at radius 3 is 2.53 bits per heavy atom. The van der Waals surface area contributed by atoms with Crippen LogP contribution in [0.5, 0.6) is 0 Å². The topological polar surface area (TPSA) is 146 Å². The Labute approximate surface area is 195 Å². The summed E-state index contributed by atoms with van der Waals surface area (Å²) in [5.74, 6) is 0.539. The van der Waals surface area contributed by atoms with Crippen LogP contribution in [0.2, 0.25) is 0 Å². The molecule has 10 nitrogen and oxygen atoms in total. The molecule has 0 saturated carbocycles. The first-order chi connectivity index (χ1) is 16.2. The van der Waals surface area contributed by atoms with Crippen molar-refractivity contribution in [2.45, 2.75) is 17.9 Å². The number of aliphatic hydroxyl groups excluding tert-OH is 1. The first-order valence-corrected chi connectivity index (χ1v) is 12.1. The summed E-state index contributed by atoms with van der Waals surface area (Å²) in [7, 11) is -3.69. The number of rotatable bonds is 8. The van der Waals surface area contributed by atoms with Crippen molar-refractivity contribution in [1.29, 1.82) is 0 Å². The molecule has 2 aromatic carbocycles. The van der Waals surface area contributed by atoms with Gasteiger partial charge >= 0.3 is 0 Å². The molecule has 176 valence electrons. The van der Waals surface area contributed by atoms with Crippen molar-refractivity contribution >= 4 is 27.3 Å². The molecule has 4 aromatic rings. The SMILES string of the molecule is Cc1nc(-c2cnc(Nc3ccc(S(C)(=O)=O)c(F)c3)nc2N[C@H](CO)c2ccccc2)n[nH]1. The summed E-state index contributed by atoms with van der Waals surface area (Å²) in [6.07, 6.45) is 2.44. The van der Waals surface area contributed by atoms with Crippen molar-refractivity contribution in [3.63, 3.8) is 0 Å². The third-order valence-electron chi connectivity index (χ3n) is 4.91. The van der Waals surface area contributed by atoms with Crippen LogP contribution < -0.4 is 10.6 Å². The normalized spacial score (nSPS) is 12.4. The number of aryl methyl sites for hydroxylation is 1. The molecule has 4 rings (SSSR count). The number of hydrogen-bond donors (Lipinski definition) is 4. The molecule has 4 N–H and O–H groups in total. The van der Waals surface area contributed by atoms with E-state index in [4.69, 9.17) is 0 Å². The molecule has 0 amide bonds. The monoisotopic (exact) mass is 483 g/mol. The second-order valence-electron chi connectivity index (χ2n) is 7.53. The van der Waals surface area contributed by atoms with Gasteiger partial charge in [-0.2, -0.15) is 10.1 Å². The molecule has 0 radical (unpaired) electrons. The van der Waals surface area contributed by atoms with Gasteiger partial charge in [-0.3, -0.25) is 5.10 Å². The third-order valence-corrected chi connectivity index (χ3v) is 6.04. The second-order valence-corrected chi connectivity index (χ2v) is 9.52. The van der Waals surface area contributed by atoms with Gasteiger partial charge in [0.2, 0.25) is 5.95 Å². The molecule has 2 aromatic heterocycles. The molecule has 0 unspecified atom stereocenters. The van der Waals surface area contributed by atoms with Gasteiger partial charge in [0.15, 0.2) is 15.7 Å². The summed E-state index contributed by atoms with van der Waals surface area (Å²) in [4.78, 5) is 12.7. The predicted molar refractivity (Wildman–Crippen MR) is 125 cm³/mol. The van der Waals surface area contributed by atoms with Gasteiger partial charge in [0.1, 0.15) is 22.4 Å². The summed E-state index contributed by atoms with van der Waals surface area (Å²) < 4.78 is 37.6. The minimum absolute atomic E-state index is 0.120. The first-order valence-electron chi connectivity index (χ1n) is 10.2. The van der Waals surface area contributed by atoms with E-state index in [9.17, 15) is 17.9 Å². The van der Waals surface area contributed by atoms with Crippen LogP contribution >= 0.6 is 0 Å². The fourth-order valence-electron chi connectivity index (χ4n) is 3.27. The van der Waals surface area contributed by atoms with Crippen molar-refractivity contribution in [2.75, 3.05) is 23.5 Å². The fraction of sp³-hybridized carbons (Fsp3) is 0.182. The minimum Gasteiger partial charge on any atom is -0.394 e. The number of aromatic nitrogens is 5. The standard InChI is InChI=1S/C22H22FN7O3S/c1-13-25-21(30-29-13)16-11-24-22(26-15-8-9-19(17(23)10-15)34(2,32)33)28-20(16)27-18(12-31)14-6-4-3-5-7-14/h3-11,18,31H,12H2,1-2H3,(H,25,29,30)(H2,24,26,27,28)/t18-/m1/s1. The van der Waals surface area contributed by atoms with Crippen LogP contribution in [0.1, 0.15) is 17.4 Å². The van der Waals surface area contributed by atoms with Gasteiger partial charge in [-0.15, -0.1) is 0 Å². The number of H-pyrrole nitrogens is 1. The van der Waals surface area contributed by atoms with Crippen LogP contribution in [0, 0.1) is 12.7 Å². The van der Waals surface area contributed by atoms with E-state index in [2.05, 4.69) is 35.8 Å². The highest BCUT2D eigenvalue weighted by molar-refractivity contribution is 7.90. The van der Waals surface area contributed by atoms with E-state index in [0.717, 1.165) is 17.9 Å². The van der Waals surface area contributed by atoms with E-state index in [-0.39, 0.29) is 18.2 Å². The lowest BCUT2D eigenvalue weighted by Crippen LogP contribution is -2.17. The van der Waals surface area contributed by atoms with Crippen molar-refractivity contribution in [1.82, 2.24) is 25.1 Å². The number of hydrogen-bond acceptors (Lipinski definition) is 9. The third kappa shape index (κ3) is 5.18. The van der Waals surface area contributed by atoms with Crippen molar-refractivity contribution < 1.29 is 17.9 Å². The molecule has 12 heteroatoms. The Kier molecular flexibility index (Phi) is 6.52. The molecule has 2 heterocycles. The minimum atomic E-state index is -3.69. The van der Waals surface area contributed by atoms with E-state index in [0.29, 0.717) is 23.0 Å². The van der Waals surface area contributed by atoms with Crippen LogP contribution in [0.25, 0.3) is 11.4 Å². The molecule has 34 heavy (non-hydrogen) atoms. The number of aliphatic hydroxyl groups is 1. The average molecular weight is 484 g/mol. The van der Waals surface area contributed by atoms with Gasteiger partial charge in [0, 0.05) is 18.1 Å². The quantitative estimate of drug-likeness (QED) is 0.297. The van der Waals surface area contributed by atoms with Gasteiger partial charge in [-0.1, -0.05) is 30.3 Å². The maximum absolute atomic E-state index is 14.3. The first kappa shape index (κ1) is 23.3. The van der Waals surface area contributed by atoms with E-state index >= 15 is 0 Å². The summed E-state index contributed by atoms with van der Waals surface area (Å²) in [6, 6.07) is 12.5. The van der Waals surface area contributed by atoms with Crippen molar-refractivity contribution in [3.05, 3.63) is 71.9 Å². The van der Waals surface area contributed by atoms with E-state index < -0.39 is 26.6 Å². The molecule has 0 aliphatic carbocycles. The number of benzene rings is 2. The molecular formula is C22H22FN7O3S. The van der Waals surface area contributed by atoms with Gasteiger partial charge in [-0.25, -0.2) is 22.8 Å². The van der Waals surface area contributed by atoms with E-state index in [1.807, 2.05) is 30.3 Å². The van der Waals surface area contributed by atoms with Crippen LogP contribution in [0.15, 0.2) is 59.6 Å². The second kappa shape index (κ2) is 9.53. The Morgan fingerprint density at radius 2 is 1.91 bits per heavy atom. The smallest absolute Gasteiger partial charge is 0.229 e. The zero-order valence-electron chi connectivity index (χ0n) is 18.3. The molecule has 0 aliphatic rings. The maximum Gasteiger partial charge on any atom is 0.229 e. The Morgan fingerprint density at radius 1 is 1.15 bits per heavy atom. The highest BCUT2D eigenvalue weighted by Gasteiger charge is 2.19. The Bertz CT molecular complexity index is 1410. The number of halogens is 1. The lowest BCUT2D eigenvalue weighted by atomic mass is 10.1. The Balaban J connectivity index is 1.69. The molecule has 1 atom stereocenters. The Hall–Kier alpha value is -3.90. The fourth-order valence-corrected chi connectivity index (χ4v) is 4.00. The number of nitrogens with one attached hydrogen (secondary N) is 3. The van der Waals surface area contributed by atoms with Crippen molar-refractivity contribution in [2.24, 2.45) is 0 Å². The van der Waals surface area contributed by atoms with Gasteiger partial charge in [0.05, 0.1) is 18.2 Å². The zero-order chi connectivity index (χ0) is 24.3. The van der Waals surface area contributed by atoms with Crippen molar-refractivity contribution in [3.8, 4) is 11.4 Å². The largest absolute Gasteiger partial charge is 0.394 e. The van der Waals surface area contributed by atoms with Crippen LogP contribution in [-0.2, 0) is 9.84 Å².